The topological polar surface area (TPSA) is 125 Å². The third-order valence-electron chi connectivity index (χ3n) is 2.75. The normalized spacial score (nSPS) is 14.1. The van der Waals surface area contributed by atoms with Crippen LogP contribution in [-0.4, -0.2) is 51.3 Å². The van der Waals surface area contributed by atoms with Crippen molar-refractivity contribution in [1.29, 1.82) is 0 Å². The smallest absolute Gasteiger partial charge is 0.242 e. The molecule has 1 aromatic heterocycles. The van der Waals surface area contributed by atoms with Gasteiger partial charge in [-0.05, 0) is 13.8 Å². The van der Waals surface area contributed by atoms with E-state index < -0.39 is 12.3 Å². The highest BCUT2D eigenvalue weighted by Gasteiger charge is 2.21. The number of hydrogen-bond acceptors (Lipinski definition) is 6. The molecular weight excluding hydrogens is 262 g/mol. The lowest BCUT2D eigenvalue weighted by Gasteiger charge is -2.19. The van der Waals surface area contributed by atoms with Crippen molar-refractivity contribution in [3.8, 4) is 0 Å². The SMILES string of the molecule is CCn1nc(C)cc1NC(=O)C(CC(N)O)NCCO. The Morgan fingerprint density at radius 1 is 1.60 bits per heavy atom. The number of anilines is 1. The van der Waals surface area contributed by atoms with Gasteiger partial charge in [0.25, 0.3) is 0 Å². The van der Waals surface area contributed by atoms with Crippen LogP contribution in [-0.2, 0) is 11.3 Å². The number of aryl methyl sites for hydroxylation is 2. The summed E-state index contributed by atoms with van der Waals surface area (Å²) in [5, 5.41) is 27.8. The summed E-state index contributed by atoms with van der Waals surface area (Å²) in [6, 6.07) is 1.09. The first-order valence-corrected chi connectivity index (χ1v) is 6.61. The van der Waals surface area contributed by atoms with Gasteiger partial charge >= 0.3 is 0 Å². The lowest BCUT2D eigenvalue weighted by Crippen LogP contribution is -2.45. The van der Waals surface area contributed by atoms with Gasteiger partial charge in [-0.25, -0.2) is 4.68 Å². The maximum absolute atomic E-state index is 12.2. The minimum atomic E-state index is -1.10. The molecule has 0 spiro atoms. The van der Waals surface area contributed by atoms with E-state index in [-0.39, 0.29) is 25.5 Å². The Labute approximate surface area is 118 Å². The molecule has 1 aromatic rings. The Kier molecular flexibility index (Phi) is 6.59. The molecule has 1 amide bonds. The van der Waals surface area contributed by atoms with E-state index in [0.29, 0.717) is 12.4 Å². The number of aromatic nitrogens is 2. The fraction of sp³-hybridized carbons (Fsp3) is 0.667. The molecule has 0 aliphatic carbocycles. The Bertz CT molecular complexity index is 433. The van der Waals surface area contributed by atoms with Crippen LogP contribution >= 0.6 is 0 Å². The summed E-state index contributed by atoms with van der Waals surface area (Å²) in [4.78, 5) is 12.2. The fourth-order valence-corrected chi connectivity index (χ4v) is 1.86. The minimum Gasteiger partial charge on any atom is -0.395 e. The van der Waals surface area contributed by atoms with Crippen molar-refractivity contribution < 1.29 is 15.0 Å². The molecule has 0 aromatic carbocycles. The molecule has 2 atom stereocenters. The monoisotopic (exact) mass is 285 g/mol. The molecule has 0 saturated heterocycles. The van der Waals surface area contributed by atoms with Crippen molar-refractivity contribution in [2.24, 2.45) is 5.73 Å². The van der Waals surface area contributed by atoms with Crippen LogP contribution in [0.4, 0.5) is 5.82 Å². The molecular formula is C12H23N5O3. The number of aliphatic hydroxyl groups excluding tert-OH is 2. The molecule has 0 aliphatic rings. The van der Waals surface area contributed by atoms with Gasteiger partial charge in [0.1, 0.15) is 12.0 Å². The van der Waals surface area contributed by atoms with Crippen LogP contribution in [0.3, 0.4) is 0 Å². The Morgan fingerprint density at radius 2 is 2.30 bits per heavy atom. The highest BCUT2D eigenvalue weighted by Crippen LogP contribution is 2.11. The number of nitrogens with one attached hydrogen (secondary N) is 2. The van der Waals surface area contributed by atoms with E-state index in [1.54, 1.807) is 10.7 Å². The van der Waals surface area contributed by atoms with E-state index in [1.165, 1.54) is 0 Å². The fourth-order valence-electron chi connectivity index (χ4n) is 1.86. The van der Waals surface area contributed by atoms with E-state index in [4.69, 9.17) is 10.8 Å². The molecule has 0 saturated carbocycles. The van der Waals surface area contributed by atoms with Gasteiger partial charge in [0.15, 0.2) is 0 Å². The summed E-state index contributed by atoms with van der Waals surface area (Å²) in [5.41, 5.74) is 6.12. The molecule has 0 fully saturated rings. The van der Waals surface area contributed by atoms with Crippen LogP contribution in [0.5, 0.6) is 0 Å². The summed E-state index contributed by atoms with van der Waals surface area (Å²) in [6.45, 7) is 4.55. The van der Waals surface area contributed by atoms with Crippen molar-refractivity contribution in [2.75, 3.05) is 18.5 Å². The lowest BCUT2D eigenvalue weighted by atomic mass is 10.1. The van der Waals surface area contributed by atoms with Crippen LogP contribution < -0.4 is 16.4 Å². The molecule has 20 heavy (non-hydrogen) atoms. The highest BCUT2D eigenvalue weighted by atomic mass is 16.3. The first-order chi connectivity index (χ1) is 9.47. The summed E-state index contributed by atoms with van der Waals surface area (Å²) in [5.74, 6) is 0.273. The number of nitrogens with two attached hydrogens (primary N) is 1. The van der Waals surface area contributed by atoms with Crippen LogP contribution in [0.15, 0.2) is 6.07 Å². The molecule has 2 unspecified atom stereocenters. The maximum atomic E-state index is 12.2. The average Bonchev–Trinajstić information content (AvgIpc) is 2.74. The Hall–Kier alpha value is -1.48. The van der Waals surface area contributed by atoms with Crippen LogP contribution in [0.1, 0.15) is 19.0 Å². The molecule has 0 aliphatic heterocycles. The van der Waals surface area contributed by atoms with Crippen molar-refractivity contribution in [3.63, 3.8) is 0 Å². The Morgan fingerprint density at radius 3 is 2.85 bits per heavy atom. The molecule has 114 valence electrons. The molecule has 0 bridgehead atoms. The number of carbonyl (C=O) groups excluding carboxylic acids is 1. The predicted octanol–water partition coefficient (Wildman–Crippen LogP) is -1.23. The quantitative estimate of drug-likeness (QED) is 0.381. The minimum absolute atomic E-state index is 0.0606. The number of nitrogens with zero attached hydrogens (tertiary/aromatic N) is 2. The van der Waals surface area contributed by atoms with Crippen LogP contribution in [0.2, 0.25) is 0 Å². The van der Waals surface area contributed by atoms with Crippen molar-refractivity contribution in [3.05, 3.63) is 11.8 Å². The van der Waals surface area contributed by atoms with Gasteiger partial charge in [-0.15, -0.1) is 0 Å². The molecule has 8 heteroatoms. The predicted molar refractivity (Wildman–Crippen MR) is 75.0 cm³/mol. The van der Waals surface area contributed by atoms with Gasteiger partial charge in [-0.2, -0.15) is 5.10 Å². The van der Waals surface area contributed by atoms with Gasteiger partial charge in [0, 0.05) is 25.6 Å². The first-order valence-electron chi connectivity index (χ1n) is 6.61. The van der Waals surface area contributed by atoms with Gasteiger partial charge < -0.3 is 26.6 Å². The molecule has 0 radical (unpaired) electrons. The molecule has 8 nitrogen and oxygen atoms in total. The van der Waals surface area contributed by atoms with Crippen molar-refractivity contribution in [2.45, 2.75) is 39.1 Å². The zero-order chi connectivity index (χ0) is 15.1. The molecule has 1 heterocycles. The van der Waals surface area contributed by atoms with Crippen molar-refractivity contribution >= 4 is 11.7 Å². The van der Waals surface area contributed by atoms with E-state index in [0.717, 1.165) is 5.69 Å². The van der Waals surface area contributed by atoms with E-state index in [1.807, 2.05) is 13.8 Å². The van der Waals surface area contributed by atoms with Crippen LogP contribution in [0, 0.1) is 6.92 Å². The molecule has 1 rings (SSSR count). The van der Waals surface area contributed by atoms with Gasteiger partial charge in [0.05, 0.1) is 18.3 Å². The third-order valence-corrected chi connectivity index (χ3v) is 2.75. The number of rotatable bonds is 8. The summed E-state index contributed by atoms with van der Waals surface area (Å²) >= 11 is 0. The first kappa shape index (κ1) is 16.6. The number of aliphatic hydroxyl groups is 2. The second-order valence-electron chi connectivity index (χ2n) is 4.51. The second kappa shape index (κ2) is 7.95. The van der Waals surface area contributed by atoms with Gasteiger partial charge in [0.2, 0.25) is 5.91 Å². The van der Waals surface area contributed by atoms with E-state index in [2.05, 4.69) is 15.7 Å². The number of hydrogen-bond donors (Lipinski definition) is 5. The number of amides is 1. The number of carbonyl (C=O) groups is 1. The zero-order valence-electron chi connectivity index (χ0n) is 11.8. The summed E-state index contributed by atoms with van der Waals surface area (Å²) in [7, 11) is 0. The zero-order valence-corrected chi connectivity index (χ0v) is 11.8. The summed E-state index contributed by atoms with van der Waals surface area (Å²) in [6.07, 6.45) is -1.04. The highest BCUT2D eigenvalue weighted by molar-refractivity contribution is 5.94. The Balaban J connectivity index is 2.73. The van der Waals surface area contributed by atoms with E-state index in [9.17, 15) is 9.90 Å². The average molecular weight is 285 g/mol. The lowest BCUT2D eigenvalue weighted by molar-refractivity contribution is -0.119. The molecule has 6 N–H and O–H groups in total. The maximum Gasteiger partial charge on any atom is 0.242 e. The largest absolute Gasteiger partial charge is 0.395 e. The van der Waals surface area contributed by atoms with Gasteiger partial charge in [-0.3, -0.25) is 4.79 Å². The third kappa shape index (κ3) is 4.89. The van der Waals surface area contributed by atoms with Gasteiger partial charge in [-0.1, -0.05) is 0 Å². The second-order valence-corrected chi connectivity index (χ2v) is 4.51. The summed E-state index contributed by atoms with van der Waals surface area (Å²) < 4.78 is 1.68. The van der Waals surface area contributed by atoms with Crippen molar-refractivity contribution in [1.82, 2.24) is 15.1 Å². The van der Waals surface area contributed by atoms with E-state index >= 15 is 0 Å². The standard InChI is InChI=1S/C12H23N5O3/c1-3-17-11(6-8(2)16-17)15-12(20)9(7-10(13)19)14-4-5-18/h6,9-10,14,18-19H,3-5,7,13H2,1-2H3,(H,15,20). The van der Waals surface area contributed by atoms with Crippen LogP contribution in [0.25, 0.3) is 0 Å².